The number of benzene rings is 1. The van der Waals surface area contributed by atoms with Crippen LogP contribution in [0.4, 0.5) is 0 Å². The van der Waals surface area contributed by atoms with Gasteiger partial charge in [0.05, 0.1) is 6.54 Å². The van der Waals surface area contributed by atoms with Gasteiger partial charge in [-0.3, -0.25) is 9.79 Å². The van der Waals surface area contributed by atoms with Crippen LogP contribution in [0.15, 0.2) is 34.6 Å². The van der Waals surface area contributed by atoms with Crippen LogP contribution in [0, 0.1) is 13.8 Å². The van der Waals surface area contributed by atoms with Crippen molar-refractivity contribution in [3.8, 4) is 0 Å². The molecule has 6 heteroatoms. The second kappa shape index (κ2) is 9.04. The van der Waals surface area contributed by atoms with Gasteiger partial charge in [-0.2, -0.15) is 0 Å². The molecule has 2 heterocycles. The maximum absolute atomic E-state index is 12.5. The van der Waals surface area contributed by atoms with Crippen LogP contribution in [-0.2, 0) is 24.2 Å². The van der Waals surface area contributed by atoms with Gasteiger partial charge in [-0.05, 0) is 49.3 Å². The average Bonchev–Trinajstić information content (AvgIpc) is 3.11. The standard InChI is InChI=1S/C21H28N4OS/c1-15-10-16(2)12-17(11-15)4-7-23-21(22-3)24-13-20(26)25-8-5-19-18(14-25)6-9-27-19/h6,9-12H,4-5,7-8,13-14H2,1-3H3,(H2,22,23,24). The third kappa shape index (κ3) is 5.32. The van der Waals surface area contributed by atoms with Gasteiger partial charge >= 0.3 is 0 Å². The molecule has 0 saturated carbocycles. The highest BCUT2D eigenvalue weighted by Crippen LogP contribution is 2.23. The topological polar surface area (TPSA) is 56.7 Å². The lowest BCUT2D eigenvalue weighted by Crippen LogP contribution is -2.46. The van der Waals surface area contributed by atoms with E-state index in [0.717, 1.165) is 32.5 Å². The number of hydrogen-bond donors (Lipinski definition) is 2. The van der Waals surface area contributed by atoms with E-state index in [0.29, 0.717) is 5.96 Å². The molecule has 1 aliphatic rings. The van der Waals surface area contributed by atoms with E-state index in [9.17, 15) is 4.79 Å². The van der Waals surface area contributed by atoms with Crippen LogP contribution in [0.3, 0.4) is 0 Å². The van der Waals surface area contributed by atoms with Crippen LogP contribution in [0.5, 0.6) is 0 Å². The molecule has 1 aromatic carbocycles. The van der Waals surface area contributed by atoms with Crippen molar-refractivity contribution in [3.05, 3.63) is 56.8 Å². The number of aryl methyl sites for hydroxylation is 2. The number of carbonyl (C=O) groups excluding carboxylic acids is 1. The Morgan fingerprint density at radius 1 is 1.22 bits per heavy atom. The Kier molecular flexibility index (Phi) is 6.50. The predicted octanol–water partition coefficient (Wildman–Crippen LogP) is 2.66. The molecule has 0 atom stereocenters. The largest absolute Gasteiger partial charge is 0.356 e. The SMILES string of the molecule is CN=C(NCCc1cc(C)cc(C)c1)NCC(=O)N1CCc2sccc2C1. The third-order valence-electron chi connectivity index (χ3n) is 4.78. The first-order chi connectivity index (χ1) is 13.0. The fourth-order valence-electron chi connectivity index (χ4n) is 3.49. The molecule has 0 aliphatic carbocycles. The van der Waals surface area contributed by atoms with Crippen LogP contribution in [0.2, 0.25) is 0 Å². The van der Waals surface area contributed by atoms with E-state index < -0.39 is 0 Å². The van der Waals surface area contributed by atoms with Crippen molar-refractivity contribution < 1.29 is 4.79 Å². The number of guanidine groups is 1. The van der Waals surface area contributed by atoms with E-state index in [1.807, 2.05) is 4.90 Å². The van der Waals surface area contributed by atoms with Gasteiger partial charge in [-0.1, -0.05) is 29.3 Å². The molecule has 1 aromatic heterocycles. The van der Waals surface area contributed by atoms with Crippen molar-refractivity contribution in [1.29, 1.82) is 0 Å². The molecule has 0 unspecified atom stereocenters. The molecule has 27 heavy (non-hydrogen) atoms. The van der Waals surface area contributed by atoms with Gasteiger partial charge < -0.3 is 15.5 Å². The predicted molar refractivity (Wildman–Crippen MR) is 112 cm³/mol. The molecular formula is C21H28N4OS. The smallest absolute Gasteiger partial charge is 0.242 e. The maximum Gasteiger partial charge on any atom is 0.242 e. The Hall–Kier alpha value is -2.34. The molecule has 5 nitrogen and oxygen atoms in total. The quantitative estimate of drug-likeness (QED) is 0.616. The Balaban J connectivity index is 1.43. The monoisotopic (exact) mass is 384 g/mol. The summed E-state index contributed by atoms with van der Waals surface area (Å²) in [4.78, 5) is 20.1. The van der Waals surface area contributed by atoms with Crippen molar-refractivity contribution in [2.45, 2.75) is 33.2 Å². The highest BCUT2D eigenvalue weighted by Gasteiger charge is 2.21. The van der Waals surface area contributed by atoms with Crippen LogP contribution < -0.4 is 10.6 Å². The summed E-state index contributed by atoms with van der Waals surface area (Å²) in [5.41, 5.74) is 5.17. The summed E-state index contributed by atoms with van der Waals surface area (Å²) in [6, 6.07) is 8.73. The number of amides is 1. The third-order valence-corrected chi connectivity index (χ3v) is 5.80. The van der Waals surface area contributed by atoms with E-state index in [1.54, 1.807) is 18.4 Å². The molecule has 0 fully saturated rings. The van der Waals surface area contributed by atoms with Crippen LogP contribution in [0.1, 0.15) is 27.1 Å². The fourth-order valence-corrected chi connectivity index (χ4v) is 4.38. The molecule has 0 radical (unpaired) electrons. The van der Waals surface area contributed by atoms with Crippen molar-refractivity contribution >= 4 is 23.2 Å². The van der Waals surface area contributed by atoms with Gasteiger partial charge in [-0.15, -0.1) is 11.3 Å². The molecule has 1 amide bonds. The average molecular weight is 385 g/mol. The molecule has 3 rings (SSSR count). The number of rotatable bonds is 5. The van der Waals surface area contributed by atoms with E-state index in [1.165, 1.54) is 27.1 Å². The minimum absolute atomic E-state index is 0.115. The normalized spacial score (nSPS) is 14.0. The minimum Gasteiger partial charge on any atom is -0.356 e. The molecule has 1 aliphatic heterocycles. The van der Waals surface area contributed by atoms with Crippen LogP contribution >= 0.6 is 11.3 Å². The van der Waals surface area contributed by atoms with Gasteiger partial charge in [0.1, 0.15) is 0 Å². The van der Waals surface area contributed by atoms with E-state index >= 15 is 0 Å². The lowest BCUT2D eigenvalue weighted by atomic mass is 10.1. The maximum atomic E-state index is 12.5. The van der Waals surface area contributed by atoms with Gasteiger partial charge in [0.15, 0.2) is 5.96 Å². The lowest BCUT2D eigenvalue weighted by molar-refractivity contribution is -0.130. The first-order valence-corrected chi connectivity index (χ1v) is 10.3. The van der Waals surface area contributed by atoms with Crippen LogP contribution in [-0.4, -0.2) is 43.4 Å². The zero-order valence-electron chi connectivity index (χ0n) is 16.3. The number of thiophene rings is 1. The fraction of sp³-hybridized carbons (Fsp3) is 0.429. The lowest BCUT2D eigenvalue weighted by Gasteiger charge is -2.27. The van der Waals surface area contributed by atoms with Crippen molar-refractivity contribution in [2.24, 2.45) is 4.99 Å². The molecule has 144 valence electrons. The van der Waals surface area contributed by atoms with Gasteiger partial charge in [0.25, 0.3) is 0 Å². The molecule has 0 saturated heterocycles. The summed E-state index contributed by atoms with van der Waals surface area (Å²) in [5, 5.41) is 8.55. The van der Waals surface area contributed by atoms with E-state index in [2.05, 4.69) is 59.1 Å². The minimum atomic E-state index is 0.115. The van der Waals surface area contributed by atoms with Crippen molar-refractivity contribution in [2.75, 3.05) is 26.7 Å². The first-order valence-electron chi connectivity index (χ1n) is 9.40. The second-order valence-corrected chi connectivity index (χ2v) is 8.03. The van der Waals surface area contributed by atoms with E-state index in [4.69, 9.17) is 0 Å². The second-order valence-electron chi connectivity index (χ2n) is 7.03. The molecule has 0 spiro atoms. The number of fused-ring (bicyclic) bond motifs is 1. The number of aliphatic imine (C=N–C) groups is 1. The summed E-state index contributed by atoms with van der Waals surface area (Å²) < 4.78 is 0. The highest BCUT2D eigenvalue weighted by molar-refractivity contribution is 7.10. The summed E-state index contributed by atoms with van der Waals surface area (Å²) in [7, 11) is 1.73. The van der Waals surface area contributed by atoms with E-state index in [-0.39, 0.29) is 12.5 Å². The zero-order valence-corrected chi connectivity index (χ0v) is 17.2. The summed E-state index contributed by atoms with van der Waals surface area (Å²) >= 11 is 1.79. The Bertz CT molecular complexity index is 807. The van der Waals surface area contributed by atoms with Gasteiger partial charge in [0.2, 0.25) is 5.91 Å². The highest BCUT2D eigenvalue weighted by atomic mass is 32.1. The zero-order chi connectivity index (χ0) is 19.2. The Morgan fingerprint density at radius 3 is 2.74 bits per heavy atom. The molecule has 0 bridgehead atoms. The van der Waals surface area contributed by atoms with Gasteiger partial charge in [0, 0.05) is 31.6 Å². The number of nitrogens with zero attached hydrogens (tertiary/aromatic N) is 2. The first kappa shape index (κ1) is 19.4. The summed E-state index contributed by atoms with van der Waals surface area (Å²) in [6.07, 6.45) is 1.88. The number of nitrogens with one attached hydrogen (secondary N) is 2. The molecular weight excluding hydrogens is 356 g/mol. The molecule has 2 aromatic rings. The van der Waals surface area contributed by atoms with Crippen molar-refractivity contribution in [3.63, 3.8) is 0 Å². The summed E-state index contributed by atoms with van der Waals surface area (Å²) in [5.74, 6) is 0.782. The molecule has 2 N–H and O–H groups in total. The van der Waals surface area contributed by atoms with Crippen molar-refractivity contribution in [1.82, 2.24) is 15.5 Å². The summed E-state index contributed by atoms with van der Waals surface area (Å²) in [6.45, 7) is 6.80. The van der Waals surface area contributed by atoms with Gasteiger partial charge in [-0.25, -0.2) is 0 Å². The number of hydrogen-bond acceptors (Lipinski definition) is 3. The van der Waals surface area contributed by atoms with Crippen LogP contribution in [0.25, 0.3) is 0 Å². The Morgan fingerprint density at radius 2 is 2.00 bits per heavy atom. The Labute approximate surface area is 165 Å². The number of carbonyl (C=O) groups is 1.